The van der Waals surface area contributed by atoms with E-state index in [2.05, 4.69) is 0 Å². The molecule has 0 atom stereocenters. The van der Waals surface area contributed by atoms with Crippen LogP contribution in [0.25, 0.3) is 5.52 Å². The van der Waals surface area contributed by atoms with Crippen molar-refractivity contribution >= 4 is 11.3 Å². The van der Waals surface area contributed by atoms with Crippen LogP contribution < -0.4 is 5.56 Å². The highest BCUT2D eigenvalue weighted by molar-refractivity contribution is 5.97. The van der Waals surface area contributed by atoms with Crippen LogP contribution in [-0.4, -0.2) is 14.8 Å². The zero-order valence-electron chi connectivity index (χ0n) is 10.4. The maximum Gasteiger partial charge on any atom is 0.274 e. The number of Topliss-reactive ketones (excluding diaryl/α,β-unsaturated/α-hetero) is 1. The topological polar surface area (TPSA) is 43.5 Å². The fourth-order valence-electron chi connectivity index (χ4n) is 2.80. The first-order valence-electron chi connectivity index (χ1n) is 6.39. The first-order valence-corrected chi connectivity index (χ1v) is 6.39. The van der Waals surface area contributed by atoms with E-state index >= 15 is 0 Å². The average molecular weight is 244 g/mol. The molecule has 0 spiro atoms. The van der Waals surface area contributed by atoms with Crippen molar-refractivity contribution in [3.05, 3.63) is 40.6 Å². The number of hydrogen-bond acceptors (Lipinski definition) is 2. The van der Waals surface area contributed by atoms with Crippen LogP contribution in [0.2, 0.25) is 0 Å². The van der Waals surface area contributed by atoms with Gasteiger partial charge < -0.3 is 8.97 Å². The van der Waals surface area contributed by atoms with Crippen molar-refractivity contribution in [2.75, 3.05) is 0 Å². The van der Waals surface area contributed by atoms with Gasteiger partial charge in [0.1, 0.15) is 5.52 Å². The SMILES string of the molecule is Cn1ccn2c(C(=O)C3CCCC3)ccc2c1=O. The van der Waals surface area contributed by atoms with Gasteiger partial charge in [0.05, 0.1) is 5.69 Å². The van der Waals surface area contributed by atoms with Crippen molar-refractivity contribution in [1.82, 2.24) is 8.97 Å². The number of ketones is 1. The summed E-state index contributed by atoms with van der Waals surface area (Å²) in [5.41, 5.74) is 1.15. The quantitative estimate of drug-likeness (QED) is 0.758. The minimum atomic E-state index is -0.0667. The fourth-order valence-corrected chi connectivity index (χ4v) is 2.80. The first kappa shape index (κ1) is 11.3. The summed E-state index contributed by atoms with van der Waals surface area (Å²) in [7, 11) is 1.72. The van der Waals surface area contributed by atoms with Crippen LogP contribution in [-0.2, 0) is 7.05 Å². The molecule has 2 aromatic heterocycles. The molecule has 1 fully saturated rings. The molecule has 4 heteroatoms. The van der Waals surface area contributed by atoms with E-state index in [1.165, 1.54) is 4.57 Å². The molecule has 0 bridgehead atoms. The van der Waals surface area contributed by atoms with Crippen LogP contribution in [0.15, 0.2) is 29.3 Å². The molecule has 0 radical (unpaired) electrons. The van der Waals surface area contributed by atoms with Crippen LogP contribution in [0.3, 0.4) is 0 Å². The second-order valence-corrected chi connectivity index (χ2v) is 5.03. The van der Waals surface area contributed by atoms with E-state index in [4.69, 9.17) is 0 Å². The van der Waals surface area contributed by atoms with Gasteiger partial charge in [-0.15, -0.1) is 0 Å². The summed E-state index contributed by atoms with van der Waals surface area (Å²) in [6.07, 6.45) is 7.73. The van der Waals surface area contributed by atoms with Crippen molar-refractivity contribution in [1.29, 1.82) is 0 Å². The number of rotatable bonds is 2. The first-order chi connectivity index (χ1) is 8.68. The number of aryl methyl sites for hydroxylation is 1. The van der Waals surface area contributed by atoms with Gasteiger partial charge in [-0.2, -0.15) is 0 Å². The molecule has 2 heterocycles. The highest BCUT2D eigenvalue weighted by atomic mass is 16.1. The molecule has 94 valence electrons. The standard InChI is InChI=1S/C14H16N2O2/c1-15-8-9-16-11(6-7-12(16)14(15)18)13(17)10-4-2-3-5-10/h6-10H,2-5H2,1H3. The molecule has 1 aliphatic rings. The van der Waals surface area contributed by atoms with Gasteiger partial charge in [0.2, 0.25) is 0 Å². The van der Waals surface area contributed by atoms with E-state index in [-0.39, 0.29) is 17.3 Å². The van der Waals surface area contributed by atoms with Crippen LogP contribution in [0.5, 0.6) is 0 Å². The van der Waals surface area contributed by atoms with Crippen LogP contribution in [0, 0.1) is 5.92 Å². The van der Waals surface area contributed by atoms with E-state index in [0.29, 0.717) is 11.2 Å². The summed E-state index contributed by atoms with van der Waals surface area (Å²) in [5, 5.41) is 0. The van der Waals surface area contributed by atoms with Crippen LogP contribution in [0.4, 0.5) is 0 Å². The van der Waals surface area contributed by atoms with Gasteiger partial charge in [0.25, 0.3) is 5.56 Å². The third-order valence-electron chi connectivity index (χ3n) is 3.88. The Bertz CT molecular complexity index is 660. The Labute approximate surface area is 105 Å². The lowest BCUT2D eigenvalue weighted by atomic mass is 10.0. The largest absolute Gasteiger partial charge is 0.315 e. The van der Waals surface area contributed by atoms with E-state index in [1.807, 2.05) is 0 Å². The average Bonchev–Trinajstić information content (AvgIpc) is 3.01. The predicted octanol–water partition coefficient (Wildman–Crippen LogP) is 2.01. The predicted molar refractivity (Wildman–Crippen MR) is 68.9 cm³/mol. The fraction of sp³-hybridized carbons (Fsp3) is 0.429. The lowest BCUT2D eigenvalue weighted by Crippen LogP contribution is -2.20. The zero-order valence-corrected chi connectivity index (χ0v) is 10.4. The molecule has 0 unspecified atom stereocenters. The zero-order chi connectivity index (χ0) is 12.7. The molecule has 4 nitrogen and oxygen atoms in total. The maximum atomic E-state index is 12.4. The highest BCUT2D eigenvalue weighted by Crippen LogP contribution is 2.28. The van der Waals surface area contributed by atoms with Gasteiger partial charge >= 0.3 is 0 Å². The van der Waals surface area contributed by atoms with Gasteiger partial charge in [-0.1, -0.05) is 12.8 Å². The van der Waals surface area contributed by atoms with E-state index in [0.717, 1.165) is 25.7 Å². The minimum absolute atomic E-state index is 0.0667. The van der Waals surface area contributed by atoms with Crippen molar-refractivity contribution in [3.8, 4) is 0 Å². The summed E-state index contributed by atoms with van der Waals surface area (Å²) in [4.78, 5) is 24.3. The van der Waals surface area contributed by atoms with Gasteiger partial charge in [0, 0.05) is 25.4 Å². The number of carbonyl (C=O) groups is 1. The normalized spacial score (nSPS) is 16.5. The molecule has 2 aromatic rings. The number of hydrogen-bond donors (Lipinski definition) is 0. The molecule has 1 saturated carbocycles. The Hall–Kier alpha value is -1.84. The molecule has 0 amide bonds. The lowest BCUT2D eigenvalue weighted by molar-refractivity contribution is 0.0917. The summed E-state index contributed by atoms with van der Waals surface area (Å²) < 4.78 is 3.25. The molecule has 3 rings (SSSR count). The molecule has 1 aliphatic carbocycles. The monoisotopic (exact) mass is 244 g/mol. The molecule has 0 N–H and O–H groups in total. The number of aromatic nitrogens is 2. The molecular formula is C14H16N2O2. The summed E-state index contributed by atoms with van der Waals surface area (Å²) in [5.74, 6) is 0.327. The Morgan fingerprint density at radius 2 is 1.94 bits per heavy atom. The van der Waals surface area contributed by atoms with E-state index in [9.17, 15) is 9.59 Å². The smallest absolute Gasteiger partial charge is 0.274 e. The van der Waals surface area contributed by atoms with Gasteiger partial charge in [-0.05, 0) is 25.0 Å². The summed E-state index contributed by atoms with van der Waals surface area (Å²) in [6.45, 7) is 0. The van der Waals surface area contributed by atoms with Gasteiger partial charge in [0.15, 0.2) is 5.78 Å². The Kier molecular flexibility index (Phi) is 2.58. The van der Waals surface area contributed by atoms with Crippen molar-refractivity contribution < 1.29 is 4.79 Å². The third-order valence-corrected chi connectivity index (χ3v) is 3.88. The van der Waals surface area contributed by atoms with Crippen LogP contribution in [0.1, 0.15) is 36.2 Å². The number of nitrogens with zero attached hydrogens (tertiary/aromatic N) is 2. The molecule has 0 saturated heterocycles. The second-order valence-electron chi connectivity index (χ2n) is 5.03. The Balaban J connectivity index is 2.10. The van der Waals surface area contributed by atoms with Crippen LogP contribution >= 0.6 is 0 Å². The molecule has 0 aromatic carbocycles. The number of fused-ring (bicyclic) bond motifs is 1. The van der Waals surface area contributed by atoms with Crippen molar-refractivity contribution in [2.45, 2.75) is 25.7 Å². The molecule has 18 heavy (non-hydrogen) atoms. The number of carbonyl (C=O) groups excluding carboxylic acids is 1. The molecular weight excluding hydrogens is 228 g/mol. The maximum absolute atomic E-state index is 12.4. The molecule has 0 aliphatic heterocycles. The Morgan fingerprint density at radius 3 is 2.67 bits per heavy atom. The lowest BCUT2D eigenvalue weighted by Gasteiger charge is -2.08. The van der Waals surface area contributed by atoms with Gasteiger partial charge in [-0.25, -0.2) is 0 Å². The minimum Gasteiger partial charge on any atom is -0.315 e. The van der Waals surface area contributed by atoms with Crippen molar-refractivity contribution in [2.24, 2.45) is 13.0 Å². The van der Waals surface area contributed by atoms with Gasteiger partial charge in [-0.3, -0.25) is 9.59 Å². The second kappa shape index (κ2) is 4.12. The van der Waals surface area contributed by atoms with Crippen molar-refractivity contribution in [3.63, 3.8) is 0 Å². The Morgan fingerprint density at radius 1 is 1.22 bits per heavy atom. The summed E-state index contributed by atoms with van der Waals surface area (Å²) in [6, 6.07) is 3.52. The van der Waals surface area contributed by atoms with E-state index < -0.39 is 0 Å². The summed E-state index contributed by atoms with van der Waals surface area (Å²) >= 11 is 0. The van der Waals surface area contributed by atoms with E-state index in [1.54, 1.807) is 36.0 Å². The third kappa shape index (κ3) is 1.60. The highest BCUT2D eigenvalue weighted by Gasteiger charge is 2.25.